The van der Waals surface area contributed by atoms with Crippen LogP contribution in [0.2, 0.25) is 0 Å². The summed E-state index contributed by atoms with van der Waals surface area (Å²) in [5.74, 6) is 1.10. The molecule has 0 radical (unpaired) electrons. The fourth-order valence-electron chi connectivity index (χ4n) is 3.38. The van der Waals surface area contributed by atoms with E-state index < -0.39 is 0 Å². The van der Waals surface area contributed by atoms with Gasteiger partial charge in [0.25, 0.3) is 11.8 Å². The molecule has 1 N–H and O–H groups in total. The van der Waals surface area contributed by atoms with E-state index in [2.05, 4.69) is 10.5 Å². The van der Waals surface area contributed by atoms with Crippen molar-refractivity contribution in [3.63, 3.8) is 0 Å². The number of rotatable bonds is 11. The van der Waals surface area contributed by atoms with E-state index >= 15 is 0 Å². The Morgan fingerprint density at radius 3 is 2.13 bits per heavy atom. The zero-order valence-corrected chi connectivity index (χ0v) is 19.0. The van der Waals surface area contributed by atoms with Gasteiger partial charge in [0.2, 0.25) is 5.75 Å². The van der Waals surface area contributed by atoms with E-state index in [9.17, 15) is 9.59 Å². The third-order valence-corrected chi connectivity index (χ3v) is 5.01. The third kappa shape index (κ3) is 5.48. The first-order chi connectivity index (χ1) is 14.9. The Balaban J connectivity index is 2.40. The Bertz CT molecular complexity index is 866. The summed E-state index contributed by atoms with van der Waals surface area (Å²) in [6.45, 7) is 6.52. The summed E-state index contributed by atoms with van der Waals surface area (Å²) in [6.07, 6.45) is 1.51. The number of amides is 2. The molecule has 0 bridgehead atoms. The maximum atomic E-state index is 13.5. The van der Waals surface area contributed by atoms with E-state index in [1.807, 2.05) is 20.8 Å². The van der Waals surface area contributed by atoms with Gasteiger partial charge in [-0.15, -0.1) is 0 Å². The summed E-state index contributed by atoms with van der Waals surface area (Å²) in [4.78, 5) is 27.2. The number of carbonyl (C=O) groups is 2. The normalized spacial score (nSPS) is 10.7. The number of carbonyl (C=O) groups excluding carboxylic acids is 2. The molecule has 0 atom stereocenters. The van der Waals surface area contributed by atoms with Gasteiger partial charge in [-0.05, 0) is 31.9 Å². The van der Waals surface area contributed by atoms with Crippen LogP contribution in [0.25, 0.3) is 0 Å². The highest BCUT2D eigenvalue weighted by atomic mass is 16.5. The second-order valence-electron chi connectivity index (χ2n) is 6.86. The minimum Gasteiger partial charge on any atom is -0.493 e. The van der Waals surface area contributed by atoms with Crippen LogP contribution in [0.4, 0.5) is 0 Å². The van der Waals surface area contributed by atoms with Crippen LogP contribution < -0.4 is 19.5 Å². The summed E-state index contributed by atoms with van der Waals surface area (Å²) in [7, 11) is 4.51. The van der Waals surface area contributed by atoms with Crippen LogP contribution >= 0.6 is 0 Å². The molecule has 0 aliphatic carbocycles. The second-order valence-corrected chi connectivity index (χ2v) is 6.86. The van der Waals surface area contributed by atoms with Gasteiger partial charge in [0.1, 0.15) is 0 Å². The van der Waals surface area contributed by atoms with Crippen LogP contribution in [-0.2, 0) is 6.54 Å². The quantitative estimate of drug-likeness (QED) is 0.580. The first kappa shape index (κ1) is 24.0. The van der Waals surface area contributed by atoms with Gasteiger partial charge in [0, 0.05) is 24.2 Å². The van der Waals surface area contributed by atoms with Crippen molar-refractivity contribution in [1.29, 1.82) is 0 Å². The molecule has 9 nitrogen and oxygen atoms in total. The monoisotopic (exact) mass is 433 g/mol. The highest BCUT2D eigenvalue weighted by molar-refractivity contribution is 5.96. The topological polar surface area (TPSA) is 103 Å². The van der Waals surface area contributed by atoms with Crippen molar-refractivity contribution < 1.29 is 28.3 Å². The van der Waals surface area contributed by atoms with Gasteiger partial charge >= 0.3 is 0 Å². The lowest BCUT2D eigenvalue weighted by Gasteiger charge is -2.30. The lowest BCUT2D eigenvalue weighted by molar-refractivity contribution is 0.0626. The third-order valence-electron chi connectivity index (χ3n) is 5.01. The molecule has 2 rings (SSSR count). The fourth-order valence-corrected chi connectivity index (χ4v) is 3.38. The average molecular weight is 434 g/mol. The van der Waals surface area contributed by atoms with E-state index in [0.717, 1.165) is 12.8 Å². The molecular weight excluding hydrogens is 402 g/mol. The molecule has 1 heterocycles. The summed E-state index contributed by atoms with van der Waals surface area (Å²) >= 11 is 0. The standard InChI is InChI=1S/C22H31N3O6/c1-7-15(8-2)25(13-16-12-17(24-31-16)21(26)23-9-3)22(27)14-10-18(28-4)20(30-6)19(11-14)29-5/h10-12,15H,7-9,13H2,1-6H3,(H,23,26). The van der Waals surface area contributed by atoms with Gasteiger partial charge in [-0.2, -0.15) is 0 Å². The van der Waals surface area contributed by atoms with Crippen LogP contribution in [0.5, 0.6) is 17.2 Å². The predicted molar refractivity (Wildman–Crippen MR) is 115 cm³/mol. The maximum absolute atomic E-state index is 13.5. The Kier molecular flexibility index (Phi) is 8.72. The molecule has 0 unspecified atom stereocenters. The highest BCUT2D eigenvalue weighted by Gasteiger charge is 2.27. The smallest absolute Gasteiger partial charge is 0.273 e. The summed E-state index contributed by atoms with van der Waals surface area (Å²) in [6, 6.07) is 4.77. The van der Waals surface area contributed by atoms with Crippen molar-refractivity contribution in [2.24, 2.45) is 0 Å². The van der Waals surface area contributed by atoms with E-state index in [4.69, 9.17) is 18.7 Å². The lowest BCUT2D eigenvalue weighted by atomic mass is 10.1. The molecule has 0 aliphatic rings. The molecular formula is C22H31N3O6. The predicted octanol–water partition coefficient (Wildman–Crippen LogP) is 3.28. The number of aromatic nitrogens is 1. The van der Waals surface area contributed by atoms with Crippen molar-refractivity contribution in [3.8, 4) is 17.2 Å². The number of methoxy groups -OCH3 is 3. The van der Waals surface area contributed by atoms with Crippen LogP contribution in [0.15, 0.2) is 22.7 Å². The van der Waals surface area contributed by atoms with Crippen LogP contribution in [0.1, 0.15) is 60.2 Å². The number of nitrogens with zero attached hydrogens (tertiary/aromatic N) is 2. The van der Waals surface area contributed by atoms with Gasteiger partial charge in [-0.25, -0.2) is 0 Å². The maximum Gasteiger partial charge on any atom is 0.273 e. The van der Waals surface area contributed by atoms with Crippen LogP contribution in [-0.4, -0.2) is 55.8 Å². The Labute approximate surface area is 182 Å². The van der Waals surface area contributed by atoms with Gasteiger partial charge < -0.3 is 29.0 Å². The number of hydrogen-bond acceptors (Lipinski definition) is 7. The molecule has 2 amide bonds. The molecule has 170 valence electrons. The SMILES string of the molecule is CCNC(=O)c1cc(CN(C(=O)c2cc(OC)c(OC)c(OC)c2)C(CC)CC)on1. The Hall–Kier alpha value is -3.23. The van der Waals surface area contributed by atoms with Crippen molar-refractivity contribution in [2.45, 2.75) is 46.2 Å². The molecule has 0 saturated heterocycles. The van der Waals surface area contributed by atoms with E-state index in [0.29, 0.717) is 35.1 Å². The Morgan fingerprint density at radius 2 is 1.65 bits per heavy atom. The van der Waals surface area contributed by atoms with Gasteiger partial charge in [0.15, 0.2) is 23.0 Å². The zero-order chi connectivity index (χ0) is 23.0. The van der Waals surface area contributed by atoms with E-state index in [1.54, 1.807) is 23.1 Å². The van der Waals surface area contributed by atoms with Gasteiger partial charge in [-0.1, -0.05) is 19.0 Å². The average Bonchev–Trinajstić information content (AvgIpc) is 3.26. The number of ether oxygens (including phenoxy) is 3. The van der Waals surface area contributed by atoms with Crippen molar-refractivity contribution in [1.82, 2.24) is 15.4 Å². The van der Waals surface area contributed by atoms with Gasteiger partial charge in [-0.3, -0.25) is 9.59 Å². The highest BCUT2D eigenvalue weighted by Crippen LogP contribution is 2.38. The lowest BCUT2D eigenvalue weighted by Crippen LogP contribution is -2.39. The van der Waals surface area contributed by atoms with Crippen LogP contribution in [0, 0.1) is 0 Å². The first-order valence-electron chi connectivity index (χ1n) is 10.3. The molecule has 1 aromatic heterocycles. The van der Waals surface area contributed by atoms with Crippen molar-refractivity contribution in [2.75, 3.05) is 27.9 Å². The van der Waals surface area contributed by atoms with Crippen LogP contribution in [0.3, 0.4) is 0 Å². The molecule has 0 fully saturated rings. The molecule has 0 saturated carbocycles. The number of benzene rings is 1. The van der Waals surface area contributed by atoms with Crippen molar-refractivity contribution >= 4 is 11.8 Å². The fraction of sp³-hybridized carbons (Fsp3) is 0.500. The molecule has 1 aromatic carbocycles. The molecule has 31 heavy (non-hydrogen) atoms. The minimum atomic E-state index is -0.317. The second kappa shape index (κ2) is 11.2. The van der Waals surface area contributed by atoms with Crippen molar-refractivity contribution in [3.05, 3.63) is 35.2 Å². The first-order valence-corrected chi connectivity index (χ1v) is 10.3. The molecule has 9 heteroatoms. The summed E-state index contributed by atoms with van der Waals surface area (Å²) < 4.78 is 21.5. The number of hydrogen-bond donors (Lipinski definition) is 1. The molecule has 0 spiro atoms. The Morgan fingerprint density at radius 1 is 1.03 bits per heavy atom. The largest absolute Gasteiger partial charge is 0.493 e. The minimum absolute atomic E-state index is 0.0374. The van der Waals surface area contributed by atoms with E-state index in [1.165, 1.54) is 21.3 Å². The van der Waals surface area contributed by atoms with E-state index in [-0.39, 0.29) is 30.1 Å². The summed E-state index contributed by atoms with van der Waals surface area (Å²) in [5, 5.41) is 6.50. The zero-order valence-electron chi connectivity index (χ0n) is 19.0. The number of nitrogens with one attached hydrogen (secondary N) is 1. The summed E-state index contributed by atoms with van der Waals surface area (Å²) in [5.41, 5.74) is 0.575. The van der Waals surface area contributed by atoms with Gasteiger partial charge in [0.05, 0.1) is 27.9 Å². The molecule has 0 aliphatic heterocycles. The molecule has 2 aromatic rings.